The van der Waals surface area contributed by atoms with Crippen molar-refractivity contribution < 1.29 is 0 Å². The average molecular weight is 475 g/mol. The second-order valence-electron chi connectivity index (χ2n) is 8.31. The van der Waals surface area contributed by atoms with E-state index >= 15 is 0 Å². The molecule has 3 heterocycles. The summed E-state index contributed by atoms with van der Waals surface area (Å²) in [6, 6.07) is 27.0. The van der Waals surface area contributed by atoms with Crippen molar-refractivity contribution in [3.05, 3.63) is 108 Å². The summed E-state index contributed by atoms with van der Waals surface area (Å²) in [7, 11) is 0. The number of benzene rings is 3. The van der Waals surface area contributed by atoms with Gasteiger partial charge in [-0.15, -0.1) is 11.3 Å². The van der Waals surface area contributed by atoms with Crippen LogP contribution in [0, 0.1) is 6.92 Å². The Labute approximate surface area is 207 Å². The van der Waals surface area contributed by atoms with Crippen molar-refractivity contribution >= 4 is 28.2 Å². The highest BCUT2D eigenvalue weighted by Gasteiger charge is 2.11. The van der Waals surface area contributed by atoms with Crippen molar-refractivity contribution in [2.24, 2.45) is 0 Å². The van der Waals surface area contributed by atoms with Crippen LogP contribution in [0.25, 0.3) is 38.5 Å². The molecule has 0 bridgehead atoms. The molecular formula is C28H22N6S. The number of rotatable bonds is 6. The lowest BCUT2D eigenvalue weighted by atomic mass is 10.1. The second-order valence-corrected chi connectivity index (χ2v) is 9.16. The van der Waals surface area contributed by atoms with Gasteiger partial charge in [-0.1, -0.05) is 72.3 Å². The highest BCUT2D eigenvalue weighted by molar-refractivity contribution is 7.13. The second kappa shape index (κ2) is 9.12. The Morgan fingerprint density at radius 3 is 2.43 bits per heavy atom. The predicted octanol–water partition coefficient (Wildman–Crippen LogP) is 6.53. The summed E-state index contributed by atoms with van der Waals surface area (Å²) >= 11 is 1.67. The van der Waals surface area contributed by atoms with E-state index in [4.69, 9.17) is 4.98 Å². The Morgan fingerprint density at radius 1 is 0.857 bits per heavy atom. The van der Waals surface area contributed by atoms with Gasteiger partial charge < -0.3 is 5.32 Å². The van der Waals surface area contributed by atoms with Gasteiger partial charge in [-0.25, -0.2) is 19.6 Å². The zero-order valence-electron chi connectivity index (χ0n) is 19.1. The van der Waals surface area contributed by atoms with Gasteiger partial charge in [-0.3, -0.25) is 0 Å². The Hall–Kier alpha value is -4.36. The molecule has 170 valence electrons. The van der Waals surface area contributed by atoms with E-state index in [9.17, 15) is 0 Å². The van der Waals surface area contributed by atoms with E-state index in [0.29, 0.717) is 6.54 Å². The van der Waals surface area contributed by atoms with E-state index in [1.807, 2.05) is 41.2 Å². The average Bonchev–Trinajstić information content (AvgIpc) is 3.57. The molecular weight excluding hydrogens is 452 g/mol. The fourth-order valence-corrected chi connectivity index (χ4v) is 4.79. The molecule has 6 rings (SSSR count). The van der Waals surface area contributed by atoms with Crippen LogP contribution in [0.15, 0.2) is 96.8 Å². The third-order valence-electron chi connectivity index (χ3n) is 5.88. The molecule has 0 aliphatic rings. The summed E-state index contributed by atoms with van der Waals surface area (Å²) in [6.07, 6.45) is 3.38. The quantitative estimate of drug-likeness (QED) is 0.297. The Morgan fingerprint density at radius 2 is 1.63 bits per heavy atom. The summed E-state index contributed by atoms with van der Waals surface area (Å²) in [5.74, 6) is 0.768. The fraction of sp³-hybridized carbons (Fsp3) is 0.0714. The standard InChI is InChI=1S/C28H22N6S/c1-19-7-11-21(12-8-19)25-17-35-28(33-25)22-13-9-20(10-14-22)15-29-26-24-16-32-34(27(24)31-18-30-26)23-5-3-2-4-6-23/h2-14,16-18H,15H2,1H3,(H,29,30,31). The maximum absolute atomic E-state index is 4.84. The first-order valence-corrected chi connectivity index (χ1v) is 12.2. The van der Waals surface area contributed by atoms with Gasteiger partial charge >= 0.3 is 0 Å². The smallest absolute Gasteiger partial charge is 0.168 e. The summed E-state index contributed by atoms with van der Waals surface area (Å²) < 4.78 is 1.83. The summed E-state index contributed by atoms with van der Waals surface area (Å²) in [5.41, 5.74) is 7.43. The number of hydrogen-bond donors (Lipinski definition) is 1. The minimum absolute atomic E-state index is 0.648. The number of aromatic nitrogens is 5. The molecule has 0 saturated carbocycles. The molecule has 0 amide bonds. The molecule has 0 aliphatic carbocycles. The van der Waals surface area contributed by atoms with E-state index in [1.54, 1.807) is 17.7 Å². The summed E-state index contributed by atoms with van der Waals surface area (Å²) in [6.45, 7) is 2.74. The highest BCUT2D eigenvalue weighted by atomic mass is 32.1. The predicted molar refractivity (Wildman–Crippen MR) is 142 cm³/mol. The lowest BCUT2D eigenvalue weighted by Gasteiger charge is -2.08. The molecule has 3 aromatic heterocycles. The number of fused-ring (bicyclic) bond motifs is 1. The Bertz CT molecular complexity index is 1580. The summed E-state index contributed by atoms with van der Waals surface area (Å²) in [4.78, 5) is 13.7. The monoisotopic (exact) mass is 474 g/mol. The van der Waals surface area contributed by atoms with E-state index < -0.39 is 0 Å². The van der Waals surface area contributed by atoms with Crippen LogP contribution in [0.5, 0.6) is 0 Å². The van der Waals surface area contributed by atoms with Gasteiger partial charge in [0, 0.05) is 23.1 Å². The topological polar surface area (TPSA) is 68.5 Å². The molecule has 0 unspecified atom stereocenters. The maximum Gasteiger partial charge on any atom is 0.168 e. The van der Waals surface area contributed by atoms with Crippen molar-refractivity contribution in [1.29, 1.82) is 0 Å². The van der Waals surface area contributed by atoms with E-state index in [0.717, 1.165) is 49.9 Å². The molecule has 0 atom stereocenters. The first-order valence-electron chi connectivity index (χ1n) is 11.3. The molecule has 1 N–H and O–H groups in total. The van der Waals surface area contributed by atoms with Crippen molar-refractivity contribution in [2.45, 2.75) is 13.5 Å². The molecule has 0 fully saturated rings. The number of para-hydroxylation sites is 1. The molecule has 0 aliphatic heterocycles. The van der Waals surface area contributed by atoms with Crippen LogP contribution in [0.4, 0.5) is 5.82 Å². The number of nitrogens with zero attached hydrogens (tertiary/aromatic N) is 5. The van der Waals surface area contributed by atoms with Gasteiger partial charge in [0.25, 0.3) is 0 Å². The lowest BCUT2D eigenvalue weighted by molar-refractivity contribution is 0.895. The zero-order chi connectivity index (χ0) is 23.6. The number of anilines is 1. The largest absolute Gasteiger partial charge is 0.365 e. The zero-order valence-corrected chi connectivity index (χ0v) is 19.9. The first kappa shape index (κ1) is 21.2. The van der Waals surface area contributed by atoms with Crippen molar-refractivity contribution in [3.8, 4) is 27.5 Å². The molecule has 0 saturated heterocycles. The molecule has 35 heavy (non-hydrogen) atoms. The van der Waals surface area contributed by atoms with Gasteiger partial charge in [0.05, 0.1) is 23.0 Å². The minimum atomic E-state index is 0.648. The fourth-order valence-electron chi connectivity index (χ4n) is 3.96. The Kier molecular flexibility index (Phi) is 5.52. The van der Waals surface area contributed by atoms with Crippen molar-refractivity contribution in [3.63, 3.8) is 0 Å². The van der Waals surface area contributed by atoms with Crippen LogP contribution < -0.4 is 5.32 Å². The van der Waals surface area contributed by atoms with Gasteiger partial charge in [-0.05, 0) is 24.6 Å². The van der Waals surface area contributed by atoms with Crippen molar-refractivity contribution in [2.75, 3.05) is 5.32 Å². The third-order valence-corrected chi connectivity index (χ3v) is 6.77. The van der Waals surface area contributed by atoms with Crippen LogP contribution in [0.3, 0.4) is 0 Å². The number of hydrogen-bond acceptors (Lipinski definition) is 6. The first-order chi connectivity index (χ1) is 17.2. The van der Waals surface area contributed by atoms with Gasteiger partial charge in [0.15, 0.2) is 5.65 Å². The van der Waals surface area contributed by atoms with Gasteiger partial charge in [0.2, 0.25) is 0 Å². The molecule has 7 heteroatoms. The molecule has 3 aromatic carbocycles. The lowest BCUT2D eigenvalue weighted by Crippen LogP contribution is -2.03. The van der Waals surface area contributed by atoms with Crippen LogP contribution in [-0.4, -0.2) is 24.7 Å². The highest BCUT2D eigenvalue weighted by Crippen LogP contribution is 2.29. The van der Waals surface area contributed by atoms with Gasteiger partial charge in [-0.2, -0.15) is 5.10 Å². The molecule has 6 nitrogen and oxygen atoms in total. The van der Waals surface area contributed by atoms with E-state index in [-0.39, 0.29) is 0 Å². The minimum Gasteiger partial charge on any atom is -0.365 e. The number of aryl methyl sites for hydroxylation is 1. The normalized spacial score (nSPS) is 11.1. The van der Waals surface area contributed by atoms with E-state index in [1.165, 1.54) is 5.56 Å². The Balaban J connectivity index is 1.18. The van der Waals surface area contributed by atoms with E-state index in [2.05, 4.69) is 81.2 Å². The molecule has 0 spiro atoms. The van der Waals surface area contributed by atoms with Gasteiger partial charge in [0.1, 0.15) is 17.2 Å². The molecule has 0 radical (unpaired) electrons. The maximum atomic E-state index is 4.84. The third kappa shape index (κ3) is 4.29. The summed E-state index contributed by atoms with van der Waals surface area (Å²) in [5, 5.41) is 12.0. The number of nitrogens with one attached hydrogen (secondary N) is 1. The van der Waals surface area contributed by atoms with Crippen LogP contribution >= 0.6 is 11.3 Å². The van der Waals surface area contributed by atoms with Crippen LogP contribution in [-0.2, 0) is 6.54 Å². The molecule has 6 aromatic rings. The van der Waals surface area contributed by atoms with Crippen LogP contribution in [0.1, 0.15) is 11.1 Å². The van der Waals surface area contributed by atoms with Crippen molar-refractivity contribution in [1.82, 2.24) is 24.7 Å². The van der Waals surface area contributed by atoms with Crippen LogP contribution in [0.2, 0.25) is 0 Å². The number of thiazole rings is 1. The SMILES string of the molecule is Cc1ccc(-c2csc(-c3ccc(CNc4ncnc5c4cnn5-c4ccccc4)cc3)n2)cc1.